The average molecular weight is 293 g/mol. The Morgan fingerprint density at radius 1 is 1.50 bits per heavy atom. The number of benzene rings is 1. The van der Waals surface area contributed by atoms with E-state index in [1.807, 2.05) is 13.0 Å². The highest BCUT2D eigenvalue weighted by Gasteiger charge is 2.13. The van der Waals surface area contributed by atoms with Crippen molar-refractivity contribution in [1.82, 2.24) is 9.97 Å². The Bertz CT molecular complexity index is 670. The van der Waals surface area contributed by atoms with Crippen LogP contribution in [-0.4, -0.2) is 16.0 Å². The van der Waals surface area contributed by atoms with Gasteiger partial charge < -0.3 is 10.7 Å². The van der Waals surface area contributed by atoms with Crippen LogP contribution in [0.5, 0.6) is 0 Å². The van der Waals surface area contributed by atoms with Crippen LogP contribution < -0.4 is 11.3 Å². The van der Waals surface area contributed by atoms with Gasteiger partial charge in [0.1, 0.15) is 5.82 Å². The molecule has 20 heavy (non-hydrogen) atoms. The quantitative estimate of drug-likeness (QED) is 0.848. The molecule has 0 spiro atoms. The Kier molecular flexibility index (Phi) is 4.57. The molecule has 106 valence electrons. The Morgan fingerprint density at radius 3 is 2.90 bits per heavy atom. The average Bonchev–Trinajstić information content (AvgIpc) is 2.31. The number of hydrogen-bond acceptors (Lipinski definition) is 4. The van der Waals surface area contributed by atoms with Gasteiger partial charge in [0, 0.05) is 17.8 Å². The van der Waals surface area contributed by atoms with Gasteiger partial charge >= 0.3 is 0 Å². The standard InChI is InChI=1S/C14H16FN3OS/c1-8(16)6-10-4-3-5-11(15)13(10)20-14-17-9(2)7-12(19)18-14/h3-5,7-8H,6,16H2,1-2H3,(H,17,18,19). The predicted molar refractivity (Wildman–Crippen MR) is 77.5 cm³/mol. The third-order valence-electron chi connectivity index (χ3n) is 2.64. The van der Waals surface area contributed by atoms with Gasteiger partial charge in [-0.1, -0.05) is 12.1 Å². The van der Waals surface area contributed by atoms with Gasteiger partial charge in [-0.25, -0.2) is 9.37 Å². The Labute approximate surface area is 120 Å². The van der Waals surface area contributed by atoms with Crippen molar-refractivity contribution in [3.05, 3.63) is 51.7 Å². The minimum atomic E-state index is -0.336. The van der Waals surface area contributed by atoms with Crippen LogP contribution in [0.3, 0.4) is 0 Å². The number of nitrogens with one attached hydrogen (secondary N) is 1. The Morgan fingerprint density at radius 2 is 2.25 bits per heavy atom. The molecule has 0 bridgehead atoms. The molecule has 0 aliphatic heterocycles. The fourth-order valence-corrected chi connectivity index (χ4v) is 2.85. The van der Waals surface area contributed by atoms with Gasteiger partial charge in [-0.2, -0.15) is 0 Å². The number of H-pyrrole nitrogens is 1. The fourth-order valence-electron chi connectivity index (χ4n) is 1.87. The van der Waals surface area contributed by atoms with Crippen molar-refractivity contribution in [2.75, 3.05) is 0 Å². The topological polar surface area (TPSA) is 71.8 Å². The largest absolute Gasteiger partial charge is 0.328 e. The van der Waals surface area contributed by atoms with Crippen LogP contribution in [-0.2, 0) is 6.42 Å². The van der Waals surface area contributed by atoms with Crippen molar-refractivity contribution in [2.45, 2.75) is 36.4 Å². The van der Waals surface area contributed by atoms with Crippen molar-refractivity contribution < 1.29 is 4.39 Å². The molecule has 1 unspecified atom stereocenters. The summed E-state index contributed by atoms with van der Waals surface area (Å²) < 4.78 is 14.0. The van der Waals surface area contributed by atoms with E-state index in [0.29, 0.717) is 22.2 Å². The SMILES string of the molecule is Cc1cc(=O)[nH]c(Sc2c(F)cccc2CC(C)N)n1. The summed E-state index contributed by atoms with van der Waals surface area (Å²) in [6.45, 7) is 3.59. The third-order valence-corrected chi connectivity index (χ3v) is 3.69. The maximum atomic E-state index is 14.0. The fraction of sp³-hybridized carbons (Fsp3) is 0.286. The molecule has 0 aliphatic rings. The number of nitrogens with zero attached hydrogens (tertiary/aromatic N) is 1. The molecule has 1 heterocycles. The first-order valence-corrected chi connectivity index (χ1v) is 7.06. The highest BCUT2D eigenvalue weighted by atomic mass is 32.2. The maximum absolute atomic E-state index is 14.0. The molecule has 0 saturated carbocycles. The van der Waals surface area contributed by atoms with E-state index in [9.17, 15) is 9.18 Å². The number of aromatic amines is 1. The number of hydrogen-bond donors (Lipinski definition) is 2. The molecule has 0 fully saturated rings. The zero-order chi connectivity index (χ0) is 14.7. The molecule has 0 aliphatic carbocycles. The highest BCUT2D eigenvalue weighted by Crippen LogP contribution is 2.30. The second kappa shape index (κ2) is 6.19. The monoisotopic (exact) mass is 293 g/mol. The number of aryl methyl sites for hydroxylation is 1. The summed E-state index contributed by atoms with van der Waals surface area (Å²) >= 11 is 1.11. The lowest BCUT2D eigenvalue weighted by atomic mass is 10.1. The molecule has 2 aromatic rings. The molecule has 3 N–H and O–H groups in total. The van der Waals surface area contributed by atoms with Crippen LogP contribution in [0.15, 0.2) is 39.1 Å². The van der Waals surface area contributed by atoms with Crippen LogP contribution in [0.2, 0.25) is 0 Å². The molecule has 4 nitrogen and oxygen atoms in total. The van der Waals surface area contributed by atoms with Crippen molar-refractivity contribution in [1.29, 1.82) is 0 Å². The Balaban J connectivity index is 2.39. The van der Waals surface area contributed by atoms with Gasteiger partial charge in [-0.05, 0) is 43.7 Å². The minimum absolute atomic E-state index is 0.0688. The van der Waals surface area contributed by atoms with Gasteiger partial charge in [0.2, 0.25) is 0 Å². The number of halogens is 1. The smallest absolute Gasteiger partial charge is 0.251 e. The van der Waals surface area contributed by atoms with Crippen molar-refractivity contribution in [3.8, 4) is 0 Å². The molecule has 2 rings (SSSR count). The van der Waals surface area contributed by atoms with Crippen LogP contribution in [0, 0.1) is 12.7 Å². The summed E-state index contributed by atoms with van der Waals surface area (Å²) in [4.78, 5) is 18.7. The van der Waals surface area contributed by atoms with Crippen LogP contribution in [0.25, 0.3) is 0 Å². The van der Waals surface area contributed by atoms with Crippen molar-refractivity contribution >= 4 is 11.8 Å². The summed E-state index contributed by atoms with van der Waals surface area (Å²) in [5.41, 5.74) is 6.95. The van der Waals surface area contributed by atoms with Gasteiger partial charge in [0.15, 0.2) is 5.16 Å². The van der Waals surface area contributed by atoms with Gasteiger partial charge in [-0.3, -0.25) is 4.79 Å². The normalized spacial score (nSPS) is 12.4. The van der Waals surface area contributed by atoms with E-state index in [-0.39, 0.29) is 17.4 Å². The van der Waals surface area contributed by atoms with E-state index in [1.54, 1.807) is 13.0 Å². The van der Waals surface area contributed by atoms with E-state index in [4.69, 9.17) is 5.73 Å². The molecule has 1 atom stereocenters. The molecular weight excluding hydrogens is 277 g/mol. The number of nitrogens with two attached hydrogens (primary N) is 1. The van der Waals surface area contributed by atoms with E-state index >= 15 is 0 Å². The lowest BCUT2D eigenvalue weighted by molar-refractivity contribution is 0.592. The number of rotatable bonds is 4. The zero-order valence-corrected chi connectivity index (χ0v) is 12.1. The highest BCUT2D eigenvalue weighted by molar-refractivity contribution is 7.99. The first-order valence-electron chi connectivity index (χ1n) is 6.24. The summed E-state index contributed by atoms with van der Waals surface area (Å²) in [5.74, 6) is -0.336. The molecule has 1 aromatic carbocycles. The second-order valence-corrected chi connectivity index (χ2v) is 5.70. The first kappa shape index (κ1) is 14.7. The predicted octanol–water partition coefficient (Wildman–Crippen LogP) is 2.26. The minimum Gasteiger partial charge on any atom is -0.328 e. The van der Waals surface area contributed by atoms with Crippen LogP contribution in [0.4, 0.5) is 4.39 Å². The summed E-state index contributed by atoms with van der Waals surface area (Å²) in [7, 11) is 0. The third kappa shape index (κ3) is 3.68. The molecular formula is C14H16FN3OS. The first-order chi connectivity index (χ1) is 9.45. The summed E-state index contributed by atoms with van der Waals surface area (Å²) in [6, 6.07) is 6.21. The van der Waals surface area contributed by atoms with Crippen molar-refractivity contribution in [3.63, 3.8) is 0 Å². The van der Waals surface area contributed by atoms with E-state index in [2.05, 4.69) is 9.97 Å². The maximum Gasteiger partial charge on any atom is 0.251 e. The lowest BCUT2D eigenvalue weighted by Crippen LogP contribution is -2.18. The molecule has 6 heteroatoms. The second-order valence-electron chi connectivity index (χ2n) is 4.70. The summed E-state index contributed by atoms with van der Waals surface area (Å²) in [5, 5.41) is 0.381. The van der Waals surface area contributed by atoms with Crippen molar-refractivity contribution in [2.24, 2.45) is 5.73 Å². The number of aromatic nitrogens is 2. The van der Waals surface area contributed by atoms with Gasteiger partial charge in [0.25, 0.3) is 5.56 Å². The van der Waals surface area contributed by atoms with E-state index in [1.165, 1.54) is 12.1 Å². The van der Waals surface area contributed by atoms with Gasteiger partial charge in [0.05, 0.1) is 4.90 Å². The zero-order valence-electron chi connectivity index (χ0n) is 11.3. The van der Waals surface area contributed by atoms with E-state index < -0.39 is 0 Å². The molecule has 0 amide bonds. The molecule has 1 aromatic heterocycles. The lowest BCUT2D eigenvalue weighted by Gasteiger charge is -2.11. The van der Waals surface area contributed by atoms with E-state index in [0.717, 1.165) is 17.3 Å². The van der Waals surface area contributed by atoms with Crippen LogP contribution in [0.1, 0.15) is 18.2 Å². The van der Waals surface area contributed by atoms with Crippen LogP contribution >= 0.6 is 11.8 Å². The summed E-state index contributed by atoms with van der Waals surface area (Å²) in [6.07, 6.45) is 0.566. The van der Waals surface area contributed by atoms with Gasteiger partial charge in [-0.15, -0.1) is 0 Å². The molecule has 0 radical (unpaired) electrons. The molecule has 0 saturated heterocycles. The Hall–Kier alpha value is -1.66.